The molecule has 0 fully saturated rings. The van der Waals surface area contributed by atoms with Crippen molar-refractivity contribution in [3.05, 3.63) is 68.6 Å². The van der Waals surface area contributed by atoms with E-state index in [-0.39, 0.29) is 16.9 Å². The van der Waals surface area contributed by atoms with E-state index in [1.807, 2.05) is 0 Å². The summed E-state index contributed by atoms with van der Waals surface area (Å²) in [5.74, 6) is 1.23. The highest BCUT2D eigenvalue weighted by molar-refractivity contribution is 5.79. The van der Waals surface area contributed by atoms with Crippen LogP contribution in [0.4, 0.5) is 5.69 Å². The van der Waals surface area contributed by atoms with Crippen LogP contribution in [-0.4, -0.2) is 12.0 Å². The lowest BCUT2D eigenvalue weighted by Gasteiger charge is -2.09. The van der Waals surface area contributed by atoms with Crippen LogP contribution < -0.4 is 14.9 Å². The number of aryl methyl sites for hydroxylation is 1. The van der Waals surface area contributed by atoms with E-state index >= 15 is 0 Å². The van der Waals surface area contributed by atoms with Gasteiger partial charge in [0.1, 0.15) is 22.8 Å². The van der Waals surface area contributed by atoms with Gasteiger partial charge in [-0.05, 0) is 31.2 Å². The van der Waals surface area contributed by atoms with E-state index < -0.39 is 4.92 Å². The van der Waals surface area contributed by atoms with E-state index in [1.165, 1.54) is 31.4 Å². The Labute approximate surface area is 136 Å². The highest BCUT2D eigenvalue weighted by Crippen LogP contribution is 2.28. The quantitative estimate of drug-likeness (QED) is 0.534. The first-order valence-corrected chi connectivity index (χ1v) is 7.03. The van der Waals surface area contributed by atoms with Crippen LogP contribution in [0.1, 0.15) is 5.76 Å². The predicted molar refractivity (Wildman–Crippen MR) is 86.9 cm³/mol. The highest BCUT2D eigenvalue weighted by Gasteiger charge is 2.15. The van der Waals surface area contributed by atoms with E-state index in [1.54, 1.807) is 25.1 Å². The molecular formula is C17H13NO6. The molecule has 0 atom stereocenters. The topological polar surface area (TPSA) is 91.8 Å². The molecule has 7 nitrogen and oxygen atoms in total. The molecule has 0 aliphatic heterocycles. The lowest BCUT2D eigenvalue weighted by molar-refractivity contribution is -0.384. The van der Waals surface area contributed by atoms with Crippen molar-refractivity contribution in [3.63, 3.8) is 0 Å². The lowest BCUT2D eigenvalue weighted by atomic mass is 10.2. The maximum Gasteiger partial charge on any atom is 0.269 e. The third-order valence-electron chi connectivity index (χ3n) is 3.49. The van der Waals surface area contributed by atoms with Crippen LogP contribution in [-0.2, 0) is 0 Å². The molecule has 0 aliphatic rings. The second kappa shape index (κ2) is 6.04. The number of ether oxygens (including phenoxy) is 2. The summed E-state index contributed by atoms with van der Waals surface area (Å²) < 4.78 is 16.3. The lowest BCUT2D eigenvalue weighted by Crippen LogP contribution is -2.07. The molecule has 0 amide bonds. The summed E-state index contributed by atoms with van der Waals surface area (Å²) in [6.45, 7) is 1.61. The maximum absolute atomic E-state index is 12.6. The Kier molecular flexibility index (Phi) is 3.91. The second-order valence-electron chi connectivity index (χ2n) is 5.03. The second-order valence-corrected chi connectivity index (χ2v) is 5.03. The van der Waals surface area contributed by atoms with Crippen molar-refractivity contribution in [2.45, 2.75) is 6.92 Å². The van der Waals surface area contributed by atoms with Crippen molar-refractivity contribution >= 4 is 16.7 Å². The van der Waals surface area contributed by atoms with Crippen molar-refractivity contribution in [2.75, 3.05) is 7.11 Å². The third kappa shape index (κ3) is 2.79. The number of nitro benzene ring substituents is 1. The van der Waals surface area contributed by atoms with E-state index in [0.29, 0.717) is 28.2 Å². The number of hydrogen-bond donors (Lipinski definition) is 0. The third-order valence-corrected chi connectivity index (χ3v) is 3.49. The fourth-order valence-corrected chi connectivity index (χ4v) is 2.27. The molecule has 3 rings (SSSR count). The van der Waals surface area contributed by atoms with Crippen molar-refractivity contribution in [1.29, 1.82) is 0 Å². The normalized spacial score (nSPS) is 10.6. The van der Waals surface area contributed by atoms with Gasteiger partial charge in [0.25, 0.3) is 5.69 Å². The van der Waals surface area contributed by atoms with E-state index in [2.05, 4.69) is 0 Å². The van der Waals surface area contributed by atoms with Crippen LogP contribution in [0.2, 0.25) is 0 Å². The first-order chi connectivity index (χ1) is 11.5. The summed E-state index contributed by atoms with van der Waals surface area (Å²) >= 11 is 0. The van der Waals surface area contributed by atoms with Gasteiger partial charge in [0.2, 0.25) is 11.2 Å². The maximum atomic E-state index is 12.6. The molecule has 1 aromatic heterocycles. The molecule has 0 saturated carbocycles. The molecule has 122 valence electrons. The van der Waals surface area contributed by atoms with Crippen molar-refractivity contribution < 1.29 is 18.8 Å². The minimum atomic E-state index is -0.507. The molecule has 0 aliphatic carbocycles. The van der Waals surface area contributed by atoms with Gasteiger partial charge >= 0.3 is 0 Å². The van der Waals surface area contributed by atoms with Crippen molar-refractivity contribution in [2.24, 2.45) is 0 Å². The smallest absolute Gasteiger partial charge is 0.269 e. The largest absolute Gasteiger partial charge is 0.497 e. The van der Waals surface area contributed by atoms with Crippen LogP contribution in [0.15, 0.2) is 51.7 Å². The Balaban J connectivity index is 2.03. The van der Waals surface area contributed by atoms with Crippen LogP contribution in [0.25, 0.3) is 11.0 Å². The van der Waals surface area contributed by atoms with Gasteiger partial charge in [0.05, 0.1) is 17.4 Å². The molecule has 0 bridgehead atoms. The zero-order valence-corrected chi connectivity index (χ0v) is 12.9. The number of rotatable bonds is 4. The van der Waals surface area contributed by atoms with Gasteiger partial charge < -0.3 is 13.9 Å². The van der Waals surface area contributed by atoms with Gasteiger partial charge in [0, 0.05) is 18.2 Å². The van der Waals surface area contributed by atoms with Gasteiger partial charge in [-0.25, -0.2) is 0 Å². The van der Waals surface area contributed by atoms with Gasteiger partial charge in [-0.2, -0.15) is 0 Å². The number of fused-ring (bicyclic) bond motifs is 1. The molecule has 0 unspecified atom stereocenters. The fraction of sp³-hybridized carbons (Fsp3) is 0.118. The number of hydrogen-bond acceptors (Lipinski definition) is 6. The first-order valence-electron chi connectivity index (χ1n) is 7.03. The molecule has 3 aromatic rings. The molecule has 0 radical (unpaired) electrons. The van der Waals surface area contributed by atoms with E-state index in [9.17, 15) is 14.9 Å². The molecule has 0 N–H and O–H groups in total. The minimum absolute atomic E-state index is 0.0431. The Bertz CT molecular complexity index is 975. The number of benzene rings is 2. The summed E-state index contributed by atoms with van der Waals surface area (Å²) in [7, 11) is 1.53. The molecule has 0 spiro atoms. The zero-order valence-electron chi connectivity index (χ0n) is 12.9. The fourth-order valence-electron chi connectivity index (χ4n) is 2.27. The predicted octanol–water partition coefficient (Wildman–Crippen LogP) is 3.81. The van der Waals surface area contributed by atoms with Crippen LogP contribution in [0, 0.1) is 17.0 Å². The van der Waals surface area contributed by atoms with Crippen LogP contribution in [0.5, 0.6) is 17.2 Å². The summed E-state index contributed by atoms with van der Waals surface area (Å²) in [5.41, 5.74) is 0.0133. The summed E-state index contributed by atoms with van der Waals surface area (Å²) in [6, 6.07) is 10.3. The summed E-state index contributed by atoms with van der Waals surface area (Å²) in [4.78, 5) is 22.8. The minimum Gasteiger partial charge on any atom is -0.497 e. The highest BCUT2D eigenvalue weighted by atomic mass is 16.6. The molecule has 7 heteroatoms. The number of non-ortho nitro benzene ring substituents is 1. The average molecular weight is 327 g/mol. The van der Waals surface area contributed by atoms with Crippen molar-refractivity contribution in [1.82, 2.24) is 0 Å². The Morgan fingerprint density at radius 2 is 1.75 bits per heavy atom. The molecular weight excluding hydrogens is 314 g/mol. The standard InChI is InChI=1S/C17H13NO6/c1-10-17(24-12-5-3-11(4-6-12)18(20)21)16(19)14-8-7-13(22-2)9-15(14)23-10/h3-9H,1-2H3. The van der Waals surface area contributed by atoms with Gasteiger partial charge in [-0.1, -0.05) is 0 Å². The van der Waals surface area contributed by atoms with Gasteiger partial charge in [0.15, 0.2) is 0 Å². The van der Waals surface area contributed by atoms with Gasteiger partial charge in [-0.3, -0.25) is 14.9 Å². The number of nitrogens with zero attached hydrogens (tertiary/aromatic N) is 1. The van der Waals surface area contributed by atoms with E-state index in [4.69, 9.17) is 13.9 Å². The van der Waals surface area contributed by atoms with Crippen molar-refractivity contribution in [3.8, 4) is 17.2 Å². The molecule has 24 heavy (non-hydrogen) atoms. The number of nitro groups is 1. The Morgan fingerprint density at radius 1 is 1.08 bits per heavy atom. The monoisotopic (exact) mass is 327 g/mol. The van der Waals surface area contributed by atoms with Crippen LogP contribution in [0.3, 0.4) is 0 Å². The first kappa shape index (κ1) is 15.5. The number of methoxy groups -OCH3 is 1. The Hall–Kier alpha value is -3.35. The average Bonchev–Trinajstić information content (AvgIpc) is 2.58. The molecule has 1 heterocycles. The van der Waals surface area contributed by atoms with Gasteiger partial charge in [-0.15, -0.1) is 0 Å². The van der Waals surface area contributed by atoms with E-state index in [0.717, 1.165) is 0 Å². The zero-order chi connectivity index (χ0) is 17.3. The van der Waals surface area contributed by atoms with Crippen LogP contribution >= 0.6 is 0 Å². The SMILES string of the molecule is COc1ccc2c(=O)c(Oc3ccc([N+](=O)[O-])cc3)c(C)oc2c1. The summed E-state index contributed by atoms with van der Waals surface area (Å²) in [6.07, 6.45) is 0. The molecule has 2 aromatic carbocycles. The summed E-state index contributed by atoms with van der Waals surface area (Å²) in [5, 5.41) is 11.0. The molecule has 0 saturated heterocycles. The Morgan fingerprint density at radius 3 is 2.38 bits per heavy atom.